The first-order valence-electron chi connectivity index (χ1n) is 5.64. The Labute approximate surface area is 91.1 Å². The van der Waals surface area contributed by atoms with E-state index in [1.165, 1.54) is 6.42 Å². The molecule has 0 radical (unpaired) electrons. The zero-order valence-electron chi connectivity index (χ0n) is 8.94. The number of sulfone groups is 1. The number of nitrogens with two attached hydrogens (primary N) is 1. The Balaban J connectivity index is 2.04. The fourth-order valence-electron chi connectivity index (χ4n) is 2.54. The second-order valence-corrected chi connectivity index (χ2v) is 7.06. The summed E-state index contributed by atoms with van der Waals surface area (Å²) in [6.45, 7) is 0.821. The minimum atomic E-state index is -2.99. The summed E-state index contributed by atoms with van der Waals surface area (Å²) in [6, 6.07) is 0. The van der Waals surface area contributed by atoms with Gasteiger partial charge in [0.25, 0.3) is 0 Å². The Kier molecular flexibility index (Phi) is 3.05. The molecule has 2 rings (SSSR count). The van der Waals surface area contributed by atoms with Gasteiger partial charge < -0.3 is 10.5 Å². The summed E-state index contributed by atoms with van der Waals surface area (Å²) in [6.07, 6.45) is 4.56. The molecule has 0 aromatic heterocycles. The van der Waals surface area contributed by atoms with Crippen LogP contribution < -0.4 is 5.73 Å². The molecule has 2 N–H and O–H groups in total. The van der Waals surface area contributed by atoms with Gasteiger partial charge in [0.15, 0.2) is 9.84 Å². The number of hydrogen-bond donors (Lipinski definition) is 1. The van der Waals surface area contributed by atoms with Crippen molar-refractivity contribution in [3.05, 3.63) is 0 Å². The second-order valence-electron chi connectivity index (χ2n) is 4.66. The fraction of sp³-hybridized carbons (Fsp3) is 1.00. The largest absolute Gasteiger partial charge is 0.375 e. The molecule has 1 saturated heterocycles. The minimum absolute atomic E-state index is 0.0927. The van der Waals surface area contributed by atoms with Crippen LogP contribution in [0.1, 0.15) is 32.1 Å². The Hall–Kier alpha value is -0.130. The lowest BCUT2D eigenvalue weighted by atomic mass is 9.75. The van der Waals surface area contributed by atoms with Crippen molar-refractivity contribution in [2.45, 2.75) is 43.0 Å². The summed E-state index contributed by atoms with van der Waals surface area (Å²) >= 11 is 0. The van der Waals surface area contributed by atoms with Gasteiger partial charge in [-0.2, -0.15) is 0 Å². The average molecular weight is 233 g/mol. The predicted molar refractivity (Wildman–Crippen MR) is 58.4 cm³/mol. The van der Waals surface area contributed by atoms with Crippen LogP contribution in [-0.4, -0.2) is 38.2 Å². The SMILES string of the molecule is NCCS(=O)(=O)C1CCOC2(CCC2)C1. The summed E-state index contributed by atoms with van der Waals surface area (Å²) in [5.41, 5.74) is 5.23. The van der Waals surface area contributed by atoms with Crippen molar-refractivity contribution in [3.8, 4) is 0 Å². The van der Waals surface area contributed by atoms with Crippen molar-refractivity contribution in [3.63, 3.8) is 0 Å². The van der Waals surface area contributed by atoms with Gasteiger partial charge in [0.1, 0.15) is 0 Å². The molecule has 0 aromatic carbocycles. The first kappa shape index (κ1) is 11.4. The zero-order chi connectivity index (χ0) is 10.9. The van der Waals surface area contributed by atoms with E-state index >= 15 is 0 Å². The molecule has 0 aromatic rings. The highest BCUT2D eigenvalue weighted by Crippen LogP contribution is 2.43. The van der Waals surface area contributed by atoms with Gasteiger partial charge in [-0.3, -0.25) is 0 Å². The van der Waals surface area contributed by atoms with Gasteiger partial charge in [-0.15, -0.1) is 0 Å². The lowest BCUT2D eigenvalue weighted by Gasteiger charge is -2.46. The number of ether oxygens (including phenoxy) is 1. The third-order valence-corrected chi connectivity index (χ3v) is 5.85. The summed E-state index contributed by atoms with van der Waals surface area (Å²) in [5, 5.41) is -0.213. The molecular weight excluding hydrogens is 214 g/mol. The van der Waals surface area contributed by atoms with Crippen LogP contribution in [0.3, 0.4) is 0 Å². The fourth-order valence-corrected chi connectivity index (χ4v) is 4.21. The van der Waals surface area contributed by atoms with Crippen molar-refractivity contribution < 1.29 is 13.2 Å². The number of rotatable bonds is 3. The second kappa shape index (κ2) is 4.03. The van der Waals surface area contributed by atoms with Crippen LogP contribution in [0.25, 0.3) is 0 Å². The third-order valence-electron chi connectivity index (χ3n) is 3.62. The van der Waals surface area contributed by atoms with Crippen LogP contribution in [0.4, 0.5) is 0 Å². The summed E-state index contributed by atoms with van der Waals surface area (Å²) < 4.78 is 29.5. The van der Waals surface area contributed by atoms with Crippen LogP contribution in [0.5, 0.6) is 0 Å². The van der Waals surface area contributed by atoms with Gasteiger partial charge in [0.2, 0.25) is 0 Å². The van der Waals surface area contributed by atoms with Gasteiger partial charge in [0.05, 0.1) is 16.6 Å². The summed E-state index contributed by atoms with van der Waals surface area (Å²) in [4.78, 5) is 0. The van der Waals surface area contributed by atoms with E-state index in [9.17, 15) is 8.42 Å². The van der Waals surface area contributed by atoms with Crippen molar-refractivity contribution >= 4 is 9.84 Å². The standard InChI is InChI=1S/C10H19NO3S/c11-5-7-15(12,13)9-2-6-14-10(8-9)3-1-4-10/h9H,1-8,11H2. The summed E-state index contributed by atoms with van der Waals surface area (Å²) in [5.74, 6) is 0.119. The van der Waals surface area contributed by atoms with E-state index in [-0.39, 0.29) is 23.1 Å². The Bertz CT molecular complexity index is 322. The average Bonchev–Trinajstić information content (AvgIpc) is 2.16. The van der Waals surface area contributed by atoms with E-state index in [2.05, 4.69) is 0 Å². The molecule has 0 bridgehead atoms. The van der Waals surface area contributed by atoms with E-state index in [0.29, 0.717) is 19.4 Å². The van der Waals surface area contributed by atoms with Crippen LogP contribution in [0, 0.1) is 0 Å². The van der Waals surface area contributed by atoms with E-state index in [1.54, 1.807) is 0 Å². The van der Waals surface area contributed by atoms with Gasteiger partial charge >= 0.3 is 0 Å². The molecule has 1 atom stereocenters. The Morgan fingerprint density at radius 2 is 2.13 bits per heavy atom. The molecule has 4 nitrogen and oxygen atoms in total. The molecule has 2 fully saturated rings. The van der Waals surface area contributed by atoms with E-state index in [0.717, 1.165) is 12.8 Å². The molecule has 1 saturated carbocycles. The van der Waals surface area contributed by atoms with Crippen molar-refractivity contribution in [2.24, 2.45) is 5.73 Å². The highest BCUT2D eigenvalue weighted by atomic mass is 32.2. The van der Waals surface area contributed by atoms with Crippen molar-refractivity contribution in [1.29, 1.82) is 0 Å². The smallest absolute Gasteiger partial charge is 0.154 e. The molecular formula is C10H19NO3S. The van der Waals surface area contributed by atoms with Crippen LogP contribution in [0.2, 0.25) is 0 Å². The quantitative estimate of drug-likeness (QED) is 0.769. The van der Waals surface area contributed by atoms with E-state index in [1.807, 2.05) is 0 Å². The minimum Gasteiger partial charge on any atom is -0.375 e. The van der Waals surface area contributed by atoms with Crippen LogP contribution in [0.15, 0.2) is 0 Å². The monoisotopic (exact) mass is 233 g/mol. The molecule has 15 heavy (non-hydrogen) atoms. The highest BCUT2D eigenvalue weighted by Gasteiger charge is 2.45. The Morgan fingerprint density at radius 3 is 2.67 bits per heavy atom. The van der Waals surface area contributed by atoms with Gasteiger partial charge in [0, 0.05) is 13.2 Å². The van der Waals surface area contributed by atoms with Crippen molar-refractivity contribution in [1.82, 2.24) is 0 Å². The molecule has 2 aliphatic rings. The van der Waals surface area contributed by atoms with E-state index in [4.69, 9.17) is 10.5 Å². The maximum Gasteiger partial charge on any atom is 0.154 e. The highest BCUT2D eigenvalue weighted by molar-refractivity contribution is 7.92. The lowest BCUT2D eigenvalue weighted by Crippen LogP contribution is -2.49. The first-order chi connectivity index (χ1) is 7.08. The van der Waals surface area contributed by atoms with Gasteiger partial charge in [-0.05, 0) is 32.1 Å². The summed E-state index contributed by atoms with van der Waals surface area (Å²) in [7, 11) is -2.99. The predicted octanol–water partition coefficient (Wildman–Crippen LogP) is 0.462. The maximum atomic E-state index is 11.9. The normalized spacial score (nSPS) is 30.1. The van der Waals surface area contributed by atoms with Gasteiger partial charge in [-0.25, -0.2) is 8.42 Å². The molecule has 1 spiro atoms. The molecule has 1 unspecified atom stereocenters. The topological polar surface area (TPSA) is 69.4 Å². The molecule has 1 aliphatic heterocycles. The van der Waals surface area contributed by atoms with Crippen LogP contribution in [-0.2, 0) is 14.6 Å². The van der Waals surface area contributed by atoms with Gasteiger partial charge in [-0.1, -0.05) is 0 Å². The lowest BCUT2D eigenvalue weighted by molar-refractivity contribution is -0.125. The maximum absolute atomic E-state index is 11.9. The molecule has 1 aliphatic carbocycles. The van der Waals surface area contributed by atoms with Crippen LogP contribution >= 0.6 is 0 Å². The third kappa shape index (κ3) is 2.19. The molecule has 5 heteroatoms. The first-order valence-corrected chi connectivity index (χ1v) is 7.35. The number of hydrogen-bond acceptors (Lipinski definition) is 4. The molecule has 0 amide bonds. The van der Waals surface area contributed by atoms with E-state index < -0.39 is 9.84 Å². The zero-order valence-corrected chi connectivity index (χ0v) is 9.76. The Morgan fingerprint density at radius 1 is 1.40 bits per heavy atom. The molecule has 1 heterocycles. The van der Waals surface area contributed by atoms with Crippen molar-refractivity contribution in [2.75, 3.05) is 18.9 Å². The molecule has 88 valence electrons.